The van der Waals surface area contributed by atoms with Crippen LogP contribution in [0.4, 0.5) is 0 Å². The maximum Gasteiger partial charge on any atom is 0.0445 e. The summed E-state index contributed by atoms with van der Waals surface area (Å²) in [5.41, 5.74) is 0. The Balaban J connectivity index is 2.37. The minimum atomic E-state index is 0.341. The van der Waals surface area contributed by atoms with Crippen molar-refractivity contribution in [3.8, 4) is 0 Å². The van der Waals surface area contributed by atoms with Crippen molar-refractivity contribution in [2.45, 2.75) is 45.2 Å². The fraction of sp³-hybridized carbons (Fsp3) is 1.00. The van der Waals surface area contributed by atoms with Crippen LogP contribution in [0.15, 0.2) is 0 Å². The molecule has 2 heteroatoms. The molecule has 1 heterocycles. The molecule has 0 spiro atoms. The SMILES string of the molecule is CC(C)N1CCCC1CCO. The van der Waals surface area contributed by atoms with Gasteiger partial charge in [-0.25, -0.2) is 0 Å². The van der Waals surface area contributed by atoms with Crippen molar-refractivity contribution in [1.82, 2.24) is 4.90 Å². The topological polar surface area (TPSA) is 23.5 Å². The number of rotatable bonds is 3. The maximum absolute atomic E-state index is 8.80. The van der Waals surface area contributed by atoms with Gasteiger partial charge in [0.2, 0.25) is 0 Å². The van der Waals surface area contributed by atoms with Crippen molar-refractivity contribution < 1.29 is 5.11 Å². The lowest BCUT2D eigenvalue weighted by Crippen LogP contribution is -2.35. The van der Waals surface area contributed by atoms with Gasteiger partial charge in [0.15, 0.2) is 0 Å². The molecular weight excluding hydrogens is 138 g/mol. The van der Waals surface area contributed by atoms with E-state index in [1.165, 1.54) is 19.4 Å². The summed E-state index contributed by atoms with van der Waals surface area (Å²) in [7, 11) is 0. The number of hydrogen-bond donors (Lipinski definition) is 1. The molecule has 1 unspecified atom stereocenters. The van der Waals surface area contributed by atoms with E-state index in [0.29, 0.717) is 18.7 Å². The van der Waals surface area contributed by atoms with Crippen LogP contribution in [-0.2, 0) is 0 Å². The minimum Gasteiger partial charge on any atom is -0.396 e. The highest BCUT2D eigenvalue weighted by Crippen LogP contribution is 2.21. The molecular formula is C9H19NO. The van der Waals surface area contributed by atoms with Gasteiger partial charge in [-0.2, -0.15) is 0 Å². The number of aliphatic hydroxyl groups is 1. The molecule has 0 aliphatic carbocycles. The Morgan fingerprint density at radius 3 is 2.82 bits per heavy atom. The van der Waals surface area contributed by atoms with Crippen LogP contribution in [0.25, 0.3) is 0 Å². The van der Waals surface area contributed by atoms with E-state index in [1.807, 2.05) is 0 Å². The highest BCUT2D eigenvalue weighted by molar-refractivity contribution is 4.80. The fourth-order valence-electron chi connectivity index (χ4n) is 2.00. The second-order valence-electron chi connectivity index (χ2n) is 3.64. The van der Waals surface area contributed by atoms with Gasteiger partial charge in [-0.15, -0.1) is 0 Å². The van der Waals surface area contributed by atoms with Crippen LogP contribution < -0.4 is 0 Å². The van der Waals surface area contributed by atoms with Crippen LogP contribution in [0.3, 0.4) is 0 Å². The average molecular weight is 157 g/mol. The number of hydrogen-bond acceptors (Lipinski definition) is 2. The van der Waals surface area contributed by atoms with Crippen LogP contribution >= 0.6 is 0 Å². The first kappa shape index (κ1) is 9.01. The van der Waals surface area contributed by atoms with Crippen LogP contribution in [0.1, 0.15) is 33.1 Å². The van der Waals surface area contributed by atoms with Crippen LogP contribution in [0.5, 0.6) is 0 Å². The van der Waals surface area contributed by atoms with Gasteiger partial charge in [0, 0.05) is 18.7 Å². The molecule has 0 radical (unpaired) electrons. The third-order valence-corrected chi connectivity index (χ3v) is 2.55. The van der Waals surface area contributed by atoms with Crippen LogP contribution in [0.2, 0.25) is 0 Å². The van der Waals surface area contributed by atoms with Gasteiger partial charge in [0.05, 0.1) is 0 Å². The fourth-order valence-corrected chi connectivity index (χ4v) is 2.00. The largest absolute Gasteiger partial charge is 0.396 e. The first-order valence-corrected chi connectivity index (χ1v) is 4.62. The smallest absolute Gasteiger partial charge is 0.0445 e. The van der Waals surface area contributed by atoms with Crippen molar-refractivity contribution in [2.24, 2.45) is 0 Å². The molecule has 11 heavy (non-hydrogen) atoms. The molecule has 0 aromatic heterocycles. The zero-order valence-corrected chi connectivity index (χ0v) is 7.58. The molecule has 1 fully saturated rings. The molecule has 1 aliphatic rings. The van der Waals surface area contributed by atoms with E-state index in [2.05, 4.69) is 18.7 Å². The molecule has 1 N–H and O–H groups in total. The van der Waals surface area contributed by atoms with E-state index in [-0.39, 0.29) is 0 Å². The summed E-state index contributed by atoms with van der Waals surface area (Å²) in [5, 5.41) is 8.80. The van der Waals surface area contributed by atoms with Gasteiger partial charge < -0.3 is 5.11 Å². The van der Waals surface area contributed by atoms with E-state index in [1.54, 1.807) is 0 Å². The first-order valence-electron chi connectivity index (χ1n) is 4.62. The van der Waals surface area contributed by atoms with Crippen molar-refractivity contribution in [2.75, 3.05) is 13.2 Å². The lowest BCUT2D eigenvalue weighted by atomic mass is 10.1. The lowest BCUT2D eigenvalue weighted by Gasteiger charge is -2.27. The van der Waals surface area contributed by atoms with Gasteiger partial charge in [0.25, 0.3) is 0 Å². The second-order valence-corrected chi connectivity index (χ2v) is 3.64. The number of aliphatic hydroxyl groups excluding tert-OH is 1. The zero-order chi connectivity index (χ0) is 8.27. The third kappa shape index (κ3) is 2.17. The molecule has 66 valence electrons. The predicted octanol–water partition coefficient (Wildman–Crippen LogP) is 1.24. The van der Waals surface area contributed by atoms with Crippen molar-refractivity contribution in [3.63, 3.8) is 0 Å². The molecule has 0 bridgehead atoms. The average Bonchev–Trinajstić information content (AvgIpc) is 2.36. The minimum absolute atomic E-state index is 0.341. The summed E-state index contributed by atoms with van der Waals surface area (Å²) in [6.07, 6.45) is 3.54. The monoisotopic (exact) mass is 157 g/mol. The quantitative estimate of drug-likeness (QED) is 0.666. The Morgan fingerprint density at radius 1 is 1.55 bits per heavy atom. The van der Waals surface area contributed by atoms with Crippen LogP contribution in [-0.4, -0.2) is 35.2 Å². The third-order valence-electron chi connectivity index (χ3n) is 2.55. The van der Waals surface area contributed by atoms with Crippen molar-refractivity contribution in [3.05, 3.63) is 0 Å². The summed E-state index contributed by atoms with van der Waals surface area (Å²) >= 11 is 0. The molecule has 1 aliphatic heterocycles. The molecule has 1 saturated heterocycles. The maximum atomic E-state index is 8.80. The normalized spacial score (nSPS) is 26.7. The molecule has 1 atom stereocenters. The standard InChI is InChI=1S/C9H19NO/c1-8(2)10-6-3-4-9(10)5-7-11/h8-9,11H,3-7H2,1-2H3. The Hall–Kier alpha value is -0.0800. The Morgan fingerprint density at radius 2 is 2.27 bits per heavy atom. The van der Waals surface area contributed by atoms with Gasteiger partial charge in [0.1, 0.15) is 0 Å². The number of likely N-dealkylation sites (tertiary alicyclic amines) is 1. The molecule has 0 aromatic carbocycles. The van der Waals surface area contributed by atoms with Gasteiger partial charge in [-0.05, 0) is 39.7 Å². The number of nitrogens with zero attached hydrogens (tertiary/aromatic N) is 1. The van der Waals surface area contributed by atoms with Gasteiger partial charge >= 0.3 is 0 Å². The molecule has 0 saturated carbocycles. The van der Waals surface area contributed by atoms with E-state index in [0.717, 1.165) is 6.42 Å². The van der Waals surface area contributed by atoms with Gasteiger partial charge in [-0.1, -0.05) is 0 Å². The Bertz CT molecular complexity index is 114. The Kier molecular flexibility index (Phi) is 3.34. The highest BCUT2D eigenvalue weighted by Gasteiger charge is 2.25. The predicted molar refractivity (Wildman–Crippen MR) is 46.6 cm³/mol. The summed E-state index contributed by atoms with van der Waals surface area (Å²) < 4.78 is 0. The van der Waals surface area contributed by atoms with Crippen molar-refractivity contribution >= 4 is 0 Å². The first-order chi connectivity index (χ1) is 5.25. The Labute approximate surface area is 69.2 Å². The molecule has 0 amide bonds. The van der Waals surface area contributed by atoms with Crippen molar-refractivity contribution in [1.29, 1.82) is 0 Å². The molecule has 2 nitrogen and oxygen atoms in total. The summed E-state index contributed by atoms with van der Waals surface area (Å²) in [4.78, 5) is 2.50. The second kappa shape index (κ2) is 4.07. The summed E-state index contributed by atoms with van der Waals surface area (Å²) in [6, 6.07) is 1.30. The lowest BCUT2D eigenvalue weighted by molar-refractivity contribution is 0.165. The molecule has 1 rings (SSSR count). The molecule has 0 aromatic rings. The zero-order valence-electron chi connectivity index (χ0n) is 7.58. The van der Waals surface area contributed by atoms with Gasteiger partial charge in [-0.3, -0.25) is 4.90 Å². The summed E-state index contributed by atoms with van der Waals surface area (Å²) in [6.45, 7) is 6.03. The van der Waals surface area contributed by atoms with Crippen LogP contribution in [0, 0.1) is 0 Å². The van der Waals surface area contributed by atoms with E-state index >= 15 is 0 Å². The van der Waals surface area contributed by atoms with E-state index in [4.69, 9.17) is 5.11 Å². The summed E-state index contributed by atoms with van der Waals surface area (Å²) in [5.74, 6) is 0. The highest BCUT2D eigenvalue weighted by atomic mass is 16.3. The van der Waals surface area contributed by atoms with E-state index in [9.17, 15) is 0 Å². The van der Waals surface area contributed by atoms with E-state index < -0.39 is 0 Å².